The van der Waals surface area contributed by atoms with Crippen molar-refractivity contribution in [2.75, 3.05) is 0 Å². The molecular weight excluding hydrogens is 262 g/mol. The molecule has 0 saturated carbocycles. The van der Waals surface area contributed by atoms with Crippen molar-refractivity contribution < 1.29 is 13.3 Å². The smallest absolute Gasteiger partial charge is 0.253 e. The van der Waals surface area contributed by atoms with Crippen LogP contribution < -0.4 is 0 Å². The molecule has 0 amide bonds. The van der Waals surface area contributed by atoms with Crippen LogP contribution in [0.25, 0.3) is 0 Å². The summed E-state index contributed by atoms with van der Waals surface area (Å²) in [6, 6.07) is 16.0. The lowest BCUT2D eigenvalue weighted by Gasteiger charge is -2.02. The Morgan fingerprint density at radius 3 is 2.26 bits per heavy atom. The molecule has 0 aromatic heterocycles. The van der Waals surface area contributed by atoms with Gasteiger partial charge in [0, 0.05) is 5.56 Å². The van der Waals surface area contributed by atoms with Gasteiger partial charge < -0.3 is 0 Å². The molecule has 0 aliphatic carbocycles. The second-order valence-electron chi connectivity index (χ2n) is 4.44. The zero-order valence-corrected chi connectivity index (χ0v) is 11.2. The van der Waals surface area contributed by atoms with Gasteiger partial charge in [0.1, 0.15) is 0 Å². The number of nitrogens with zero attached hydrogens (tertiary/aromatic N) is 1. The molecule has 1 fully saturated rings. The van der Waals surface area contributed by atoms with Gasteiger partial charge in [0.25, 0.3) is 10.0 Å². The highest BCUT2D eigenvalue weighted by Gasteiger charge is 2.48. The first kappa shape index (κ1) is 12.3. The maximum Gasteiger partial charge on any atom is 0.267 e. The van der Waals surface area contributed by atoms with Gasteiger partial charge in [-0.2, -0.15) is 0 Å². The van der Waals surface area contributed by atoms with Crippen molar-refractivity contribution in [2.24, 2.45) is 0 Å². The van der Waals surface area contributed by atoms with Crippen LogP contribution in [0.15, 0.2) is 59.5 Å². The van der Waals surface area contributed by atoms with Gasteiger partial charge in [0.15, 0.2) is 6.23 Å². The molecule has 1 aliphatic heterocycles. The number of rotatable bonds is 3. The lowest BCUT2D eigenvalue weighted by molar-refractivity contribution is 0.283. The Bertz CT molecular complexity index is 680. The Balaban J connectivity index is 1.86. The van der Waals surface area contributed by atoms with Gasteiger partial charge in [-0.15, -0.1) is 0 Å². The van der Waals surface area contributed by atoms with Gasteiger partial charge >= 0.3 is 0 Å². The van der Waals surface area contributed by atoms with Crippen molar-refractivity contribution in [1.82, 2.24) is 4.47 Å². The van der Waals surface area contributed by atoms with Crippen LogP contribution in [-0.4, -0.2) is 12.9 Å². The van der Waals surface area contributed by atoms with Crippen LogP contribution in [0, 0.1) is 6.92 Å². The zero-order chi connectivity index (χ0) is 13.5. The van der Waals surface area contributed by atoms with E-state index in [4.69, 9.17) is 4.84 Å². The van der Waals surface area contributed by atoms with Crippen molar-refractivity contribution >= 4 is 10.0 Å². The summed E-state index contributed by atoms with van der Waals surface area (Å²) < 4.78 is 25.6. The van der Waals surface area contributed by atoms with Crippen LogP contribution in [0.2, 0.25) is 0 Å². The van der Waals surface area contributed by atoms with Gasteiger partial charge in [-0.05, 0) is 23.5 Å². The van der Waals surface area contributed by atoms with Crippen LogP contribution in [-0.2, 0) is 14.9 Å². The standard InChI is InChI=1S/C14H13NO3S/c1-11-7-9-13(10-8-11)19(16,17)15-14(18-15)12-5-3-2-4-6-12/h2-10,14H,1H3/t14-,15?/m0/s1. The average molecular weight is 275 g/mol. The van der Waals surface area contributed by atoms with Crippen LogP contribution in [0.1, 0.15) is 17.4 Å². The molecule has 0 spiro atoms. The molecule has 0 radical (unpaired) electrons. The summed E-state index contributed by atoms with van der Waals surface area (Å²) in [5, 5.41) is 0. The Morgan fingerprint density at radius 2 is 1.63 bits per heavy atom. The largest absolute Gasteiger partial charge is 0.267 e. The van der Waals surface area contributed by atoms with Crippen LogP contribution >= 0.6 is 0 Å². The fourth-order valence-electron chi connectivity index (χ4n) is 1.87. The Hall–Kier alpha value is -1.69. The maximum atomic E-state index is 12.3. The van der Waals surface area contributed by atoms with Crippen molar-refractivity contribution in [3.8, 4) is 0 Å². The topological polar surface area (TPSA) is 49.7 Å². The van der Waals surface area contributed by atoms with E-state index >= 15 is 0 Å². The normalized spacial score (nSPS) is 22.2. The minimum absolute atomic E-state index is 0.247. The summed E-state index contributed by atoms with van der Waals surface area (Å²) in [4.78, 5) is 5.44. The molecular formula is C14H13NO3S. The van der Waals surface area contributed by atoms with E-state index in [1.807, 2.05) is 37.3 Å². The number of hydroxylamine groups is 1. The molecule has 2 aromatic rings. The van der Waals surface area contributed by atoms with Crippen molar-refractivity contribution in [2.45, 2.75) is 18.0 Å². The number of sulfonamides is 1. The molecule has 98 valence electrons. The zero-order valence-electron chi connectivity index (χ0n) is 10.4. The Morgan fingerprint density at radius 1 is 1.00 bits per heavy atom. The lowest BCUT2D eigenvalue weighted by atomic mass is 10.2. The molecule has 2 aromatic carbocycles. The maximum absolute atomic E-state index is 12.3. The van der Waals surface area contributed by atoms with Crippen molar-refractivity contribution in [1.29, 1.82) is 0 Å². The molecule has 0 bridgehead atoms. The van der Waals surface area contributed by atoms with Crippen LogP contribution in [0.5, 0.6) is 0 Å². The molecule has 4 nitrogen and oxygen atoms in total. The van der Waals surface area contributed by atoms with Gasteiger partial charge in [-0.1, -0.05) is 48.0 Å². The third kappa shape index (κ3) is 2.28. The van der Waals surface area contributed by atoms with E-state index < -0.39 is 16.3 Å². The van der Waals surface area contributed by atoms with Crippen LogP contribution in [0.4, 0.5) is 0 Å². The first-order valence-electron chi connectivity index (χ1n) is 5.92. The highest BCUT2D eigenvalue weighted by Crippen LogP contribution is 2.41. The van der Waals surface area contributed by atoms with Gasteiger partial charge in [0.2, 0.25) is 0 Å². The minimum Gasteiger partial charge on any atom is -0.253 e. The number of hydrogen-bond donors (Lipinski definition) is 0. The second-order valence-corrected chi connectivity index (χ2v) is 6.22. The van der Waals surface area contributed by atoms with E-state index in [-0.39, 0.29) is 4.90 Å². The molecule has 0 N–H and O–H groups in total. The van der Waals surface area contributed by atoms with E-state index in [1.165, 1.54) is 0 Å². The highest BCUT2D eigenvalue weighted by molar-refractivity contribution is 7.89. The summed E-state index contributed by atoms with van der Waals surface area (Å²) in [7, 11) is -3.57. The Kier molecular flexibility index (Phi) is 2.89. The summed E-state index contributed by atoms with van der Waals surface area (Å²) in [6.45, 7) is 1.91. The van der Waals surface area contributed by atoms with E-state index in [2.05, 4.69) is 0 Å². The molecule has 3 rings (SSSR count). The monoisotopic (exact) mass is 275 g/mol. The van der Waals surface area contributed by atoms with E-state index in [0.29, 0.717) is 0 Å². The fourth-order valence-corrected chi connectivity index (χ4v) is 3.12. The molecule has 1 saturated heterocycles. The molecule has 1 aliphatic rings. The summed E-state index contributed by atoms with van der Waals surface area (Å²) in [5.41, 5.74) is 1.85. The fraction of sp³-hybridized carbons (Fsp3) is 0.143. The molecule has 19 heavy (non-hydrogen) atoms. The van der Waals surface area contributed by atoms with Crippen LogP contribution in [0.3, 0.4) is 0 Å². The first-order valence-corrected chi connectivity index (χ1v) is 7.36. The lowest BCUT2D eigenvalue weighted by Crippen LogP contribution is -2.12. The van der Waals surface area contributed by atoms with E-state index in [9.17, 15) is 8.42 Å². The molecule has 5 heteroatoms. The minimum atomic E-state index is -3.57. The predicted molar refractivity (Wildman–Crippen MR) is 70.5 cm³/mol. The highest BCUT2D eigenvalue weighted by atomic mass is 32.2. The SMILES string of the molecule is Cc1ccc(S(=O)(=O)N2O[C@H]2c2ccccc2)cc1. The first-order chi connectivity index (χ1) is 9.09. The van der Waals surface area contributed by atoms with Crippen molar-refractivity contribution in [3.05, 3.63) is 65.7 Å². The number of hydrogen-bond acceptors (Lipinski definition) is 3. The van der Waals surface area contributed by atoms with Gasteiger partial charge in [-0.25, -0.2) is 8.42 Å². The quantitative estimate of drug-likeness (QED) is 0.809. The van der Waals surface area contributed by atoms with Gasteiger partial charge in [0.05, 0.1) is 4.90 Å². The predicted octanol–water partition coefficient (Wildman–Crippen LogP) is 2.63. The molecule has 1 unspecified atom stereocenters. The Labute approximate surface area is 112 Å². The second kappa shape index (κ2) is 4.45. The van der Waals surface area contributed by atoms with E-state index in [1.54, 1.807) is 24.3 Å². The van der Waals surface area contributed by atoms with Crippen molar-refractivity contribution in [3.63, 3.8) is 0 Å². The van der Waals surface area contributed by atoms with Gasteiger partial charge in [-0.3, -0.25) is 4.84 Å². The third-order valence-corrected chi connectivity index (χ3v) is 4.61. The third-order valence-electron chi connectivity index (χ3n) is 2.99. The molecule has 1 heterocycles. The van der Waals surface area contributed by atoms with E-state index in [0.717, 1.165) is 15.6 Å². The summed E-state index contributed by atoms with van der Waals surface area (Å²) >= 11 is 0. The average Bonchev–Trinajstić information content (AvgIpc) is 3.21. The summed E-state index contributed by atoms with van der Waals surface area (Å²) in [5.74, 6) is 0. The summed E-state index contributed by atoms with van der Waals surface area (Å²) in [6.07, 6.45) is -0.507. The number of aryl methyl sites for hydroxylation is 1. The number of benzene rings is 2. The molecule has 2 atom stereocenters.